The molecule has 2 N–H and O–H groups in total. The van der Waals surface area contributed by atoms with E-state index in [0.29, 0.717) is 61.1 Å². The van der Waals surface area contributed by atoms with Crippen LogP contribution in [0.1, 0.15) is 35.6 Å². The number of rotatable bonds is 14. The number of amides is 1. The van der Waals surface area contributed by atoms with E-state index < -0.39 is 11.6 Å². The van der Waals surface area contributed by atoms with Gasteiger partial charge in [-0.3, -0.25) is 4.79 Å². The van der Waals surface area contributed by atoms with E-state index in [2.05, 4.69) is 15.3 Å². The number of hydrogen-bond acceptors (Lipinski definition) is 7. The van der Waals surface area contributed by atoms with Crippen LogP contribution in [0.5, 0.6) is 5.75 Å². The van der Waals surface area contributed by atoms with Gasteiger partial charge in [0.15, 0.2) is 11.6 Å². The molecule has 2 atom stereocenters. The number of aliphatic hydroxyl groups excluding tert-OH is 1. The van der Waals surface area contributed by atoms with Crippen LogP contribution >= 0.6 is 0 Å². The molecule has 1 heterocycles. The van der Waals surface area contributed by atoms with Crippen molar-refractivity contribution in [1.29, 1.82) is 0 Å². The number of aliphatic imine (C=N–C) groups is 1. The molecule has 1 aliphatic rings. The Labute approximate surface area is 233 Å². The lowest BCUT2D eigenvalue weighted by Crippen LogP contribution is -2.50. The third-order valence-corrected chi connectivity index (χ3v) is 6.53. The quantitative estimate of drug-likeness (QED) is 0.127. The highest BCUT2D eigenvalue weighted by Gasteiger charge is 2.53. The molecule has 0 saturated carbocycles. The summed E-state index contributed by atoms with van der Waals surface area (Å²) in [6, 6.07) is 23.9. The van der Waals surface area contributed by atoms with Gasteiger partial charge in [0.2, 0.25) is 5.90 Å². The number of nitrogens with zero attached hydrogens (tertiary/aromatic N) is 4. The van der Waals surface area contributed by atoms with Gasteiger partial charge in [0.25, 0.3) is 5.91 Å². The third-order valence-electron chi connectivity index (χ3n) is 6.53. The summed E-state index contributed by atoms with van der Waals surface area (Å²) in [5.74, 6) is 0.644. The van der Waals surface area contributed by atoms with E-state index in [1.54, 1.807) is 37.4 Å². The molecule has 40 heavy (non-hydrogen) atoms. The molecule has 0 fully saturated rings. The van der Waals surface area contributed by atoms with Crippen molar-refractivity contribution in [2.24, 2.45) is 10.1 Å². The summed E-state index contributed by atoms with van der Waals surface area (Å²) in [7, 11) is 1.62. The Balaban J connectivity index is 1.79. The zero-order valence-electron chi connectivity index (χ0n) is 22.4. The van der Waals surface area contributed by atoms with E-state index in [1.165, 1.54) is 0 Å². The van der Waals surface area contributed by atoms with Gasteiger partial charge in [-0.25, -0.2) is 4.99 Å². The lowest BCUT2D eigenvalue weighted by molar-refractivity contribution is -0.128. The van der Waals surface area contributed by atoms with Crippen molar-refractivity contribution in [3.8, 4) is 5.75 Å². The maximum absolute atomic E-state index is 14.1. The van der Waals surface area contributed by atoms with E-state index in [9.17, 15) is 10.3 Å². The van der Waals surface area contributed by atoms with Crippen LogP contribution < -0.4 is 10.1 Å². The van der Waals surface area contributed by atoms with Gasteiger partial charge in [0, 0.05) is 61.4 Å². The molecule has 3 aromatic rings. The average Bonchev–Trinajstić information content (AvgIpc) is 3.37. The van der Waals surface area contributed by atoms with Crippen molar-refractivity contribution >= 4 is 17.5 Å². The Kier molecular flexibility index (Phi) is 10.1. The third kappa shape index (κ3) is 6.79. The minimum absolute atomic E-state index is 0.0540. The number of ether oxygens (including phenoxy) is 3. The number of hydrogen-bond donors (Lipinski definition) is 2. The van der Waals surface area contributed by atoms with Crippen LogP contribution in [0.15, 0.2) is 89.0 Å². The summed E-state index contributed by atoms with van der Waals surface area (Å²) >= 11 is 0. The van der Waals surface area contributed by atoms with Crippen molar-refractivity contribution in [3.63, 3.8) is 0 Å². The summed E-state index contributed by atoms with van der Waals surface area (Å²) in [6.45, 7) is 1.36. The van der Waals surface area contributed by atoms with Crippen LogP contribution in [0.3, 0.4) is 0 Å². The van der Waals surface area contributed by atoms with E-state index in [-0.39, 0.29) is 18.9 Å². The highest BCUT2D eigenvalue weighted by Crippen LogP contribution is 2.45. The highest BCUT2D eigenvalue weighted by atomic mass is 16.5. The van der Waals surface area contributed by atoms with E-state index >= 15 is 0 Å². The highest BCUT2D eigenvalue weighted by molar-refractivity contribution is 6.01. The lowest BCUT2D eigenvalue weighted by atomic mass is 9.81. The average molecular weight is 544 g/mol. The molecule has 3 aromatic carbocycles. The number of carbonyl (C=O) groups excluding carboxylic acids is 1. The summed E-state index contributed by atoms with van der Waals surface area (Å²) < 4.78 is 17.3. The molecule has 10 heteroatoms. The Morgan fingerprint density at radius 1 is 1.07 bits per heavy atom. The van der Waals surface area contributed by atoms with Gasteiger partial charge in [0.05, 0.1) is 6.61 Å². The molecule has 1 aliphatic heterocycles. The van der Waals surface area contributed by atoms with Gasteiger partial charge in [0.1, 0.15) is 5.75 Å². The van der Waals surface area contributed by atoms with E-state index in [0.717, 1.165) is 5.56 Å². The van der Waals surface area contributed by atoms with Gasteiger partial charge in [-0.15, -0.1) is 0 Å². The fourth-order valence-corrected chi connectivity index (χ4v) is 4.59. The van der Waals surface area contributed by atoms with Gasteiger partial charge in [-0.2, -0.15) is 0 Å². The monoisotopic (exact) mass is 543 g/mol. The fraction of sp³-hybridized carbons (Fsp3) is 0.333. The largest absolute Gasteiger partial charge is 0.494 e. The standard InChI is InChI=1S/C30H33N5O5/c1-38-19-7-17-32-29(37)30(21-22-9-3-2-4-10-22)27(25-11-5-6-12-26(25)34-35-31)40-28(33-30)23-13-15-24(16-14-23)39-20-8-18-36/h2-6,9-16,27,36H,7-8,17-21H2,1H3,(H,32,37)/t27-,30-/m0/s1. The van der Waals surface area contributed by atoms with E-state index in [1.807, 2.05) is 48.5 Å². The molecule has 0 aromatic heterocycles. The maximum atomic E-state index is 14.1. The molecule has 0 unspecified atom stereocenters. The second-order valence-corrected chi connectivity index (χ2v) is 9.30. The summed E-state index contributed by atoms with van der Waals surface area (Å²) in [5, 5.41) is 15.9. The van der Waals surface area contributed by atoms with Crippen LogP contribution in [-0.4, -0.2) is 55.9 Å². The minimum atomic E-state index is -1.39. The molecular formula is C30H33N5O5. The number of azide groups is 1. The van der Waals surface area contributed by atoms with Gasteiger partial charge in [-0.05, 0) is 41.8 Å². The fourth-order valence-electron chi connectivity index (χ4n) is 4.59. The Morgan fingerprint density at radius 3 is 2.55 bits per heavy atom. The molecule has 0 bridgehead atoms. The first-order valence-electron chi connectivity index (χ1n) is 13.2. The van der Waals surface area contributed by atoms with Crippen LogP contribution in [0.2, 0.25) is 0 Å². The van der Waals surface area contributed by atoms with Gasteiger partial charge >= 0.3 is 0 Å². The van der Waals surface area contributed by atoms with Crippen molar-refractivity contribution in [1.82, 2.24) is 5.32 Å². The van der Waals surface area contributed by atoms with Gasteiger partial charge < -0.3 is 24.6 Å². The Hall–Kier alpha value is -4.37. The second-order valence-electron chi connectivity index (χ2n) is 9.30. The second kappa shape index (κ2) is 14.1. The molecule has 0 radical (unpaired) electrons. The molecular weight excluding hydrogens is 510 g/mol. The molecule has 208 valence electrons. The number of carbonyl (C=O) groups is 1. The first kappa shape index (κ1) is 28.6. The van der Waals surface area contributed by atoms with Crippen LogP contribution in [0.25, 0.3) is 10.4 Å². The van der Waals surface area contributed by atoms with Gasteiger partial charge in [-0.1, -0.05) is 59.7 Å². The summed E-state index contributed by atoms with van der Waals surface area (Å²) in [4.78, 5) is 22.1. The predicted molar refractivity (Wildman–Crippen MR) is 152 cm³/mol. The smallest absolute Gasteiger partial charge is 0.252 e. The zero-order valence-corrected chi connectivity index (χ0v) is 22.4. The molecule has 10 nitrogen and oxygen atoms in total. The van der Waals surface area contributed by atoms with Crippen LogP contribution in [0, 0.1) is 0 Å². The number of benzene rings is 3. The summed E-state index contributed by atoms with van der Waals surface area (Å²) in [5.41, 5.74) is 10.3. The zero-order chi connectivity index (χ0) is 28.2. The van der Waals surface area contributed by atoms with Crippen LogP contribution in [0.4, 0.5) is 5.69 Å². The Bertz CT molecular complexity index is 1340. The number of aliphatic hydroxyl groups is 1. The molecule has 0 saturated heterocycles. The minimum Gasteiger partial charge on any atom is -0.494 e. The van der Waals surface area contributed by atoms with Crippen molar-refractivity contribution in [3.05, 3.63) is 106 Å². The normalized spacial score (nSPS) is 17.9. The first-order chi connectivity index (χ1) is 19.6. The van der Waals surface area contributed by atoms with Crippen molar-refractivity contribution in [2.45, 2.75) is 30.9 Å². The molecule has 0 spiro atoms. The summed E-state index contributed by atoms with van der Waals surface area (Å²) in [6.07, 6.45) is 0.558. The number of nitrogens with one attached hydrogen (secondary N) is 1. The maximum Gasteiger partial charge on any atom is 0.252 e. The van der Waals surface area contributed by atoms with E-state index in [4.69, 9.17) is 24.3 Å². The molecule has 1 amide bonds. The van der Waals surface area contributed by atoms with Crippen molar-refractivity contribution < 1.29 is 24.1 Å². The predicted octanol–water partition coefficient (Wildman–Crippen LogP) is 5.04. The molecule has 0 aliphatic carbocycles. The lowest BCUT2D eigenvalue weighted by Gasteiger charge is -2.31. The SMILES string of the molecule is COCCCNC(=O)[C@@]1(Cc2ccccc2)N=C(c2ccc(OCCCO)cc2)O[C@H]1c1ccccc1N=[N+]=[N-]. The number of methoxy groups -OCH3 is 1. The molecule has 4 rings (SSSR count). The van der Waals surface area contributed by atoms with Crippen molar-refractivity contribution in [2.75, 3.05) is 33.5 Å². The van der Waals surface area contributed by atoms with Crippen LogP contribution in [-0.2, 0) is 20.7 Å². The topological polar surface area (TPSA) is 138 Å². The Morgan fingerprint density at radius 2 is 1.82 bits per heavy atom. The first-order valence-corrected chi connectivity index (χ1v) is 13.2.